The van der Waals surface area contributed by atoms with Crippen molar-refractivity contribution in [2.24, 2.45) is 0 Å². The first-order chi connectivity index (χ1) is 9.34. The highest BCUT2D eigenvalue weighted by Gasteiger charge is 2.19. The van der Waals surface area contributed by atoms with Gasteiger partial charge < -0.3 is 0 Å². The summed E-state index contributed by atoms with van der Waals surface area (Å²) in [7, 11) is 0. The molecule has 0 amide bonds. The molecule has 94 valence electrons. The second kappa shape index (κ2) is 4.35. The van der Waals surface area contributed by atoms with E-state index in [9.17, 15) is 0 Å². The summed E-state index contributed by atoms with van der Waals surface area (Å²) in [5.74, 6) is 0. The van der Waals surface area contributed by atoms with Gasteiger partial charge in [-0.25, -0.2) is 0 Å². The zero-order chi connectivity index (χ0) is 12.8. The molecular weight excluding hydrogens is 296 g/mol. The van der Waals surface area contributed by atoms with Gasteiger partial charge in [0.1, 0.15) is 0 Å². The third-order valence-corrected chi connectivity index (χ3v) is 4.76. The van der Waals surface area contributed by atoms with Gasteiger partial charge in [0.15, 0.2) is 0 Å². The lowest BCUT2D eigenvalue weighted by atomic mass is 9.81. The fourth-order valence-corrected chi connectivity index (χ4v) is 3.80. The second-order valence-electron chi connectivity index (χ2n) is 5.36. The summed E-state index contributed by atoms with van der Waals surface area (Å²) in [6, 6.07) is 6.69. The fraction of sp³-hybridized carbons (Fsp3) is 0.222. The third-order valence-electron chi connectivity index (χ3n) is 4.27. The molecule has 0 spiro atoms. The number of allylic oxidation sites excluding steroid dienone is 2. The number of fused-ring (bicyclic) bond motifs is 6. The molecule has 0 N–H and O–H groups in total. The quantitative estimate of drug-likeness (QED) is 0.601. The lowest BCUT2D eigenvalue weighted by molar-refractivity contribution is 0.911. The Labute approximate surface area is 122 Å². The molecule has 19 heavy (non-hydrogen) atoms. The average molecular weight is 311 g/mol. The number of halogens is 1. The summed E-state index contributed by atoms with van der Waals surface area (Å²) in [5, 5.41) is 2.80. The molecule has 0 aliphatic heterocycles. The molecule has 0 aromatic heterocycles. The van der Waals surface area contributed by atoms with Gasteiger partial charge in [-0.2, -0.15) is 0 Å². The van der Waals surface area contributed by atoms with Crippen molar-refractivity contribution in [1.82, 2.24) is 0 Å². The van der Waals surface area contributed by atoms with E-state index >= 15 is 0 Å². The second-order valence-corrected chi connectivity index (χ2v) is 6.27. The Bertz CT molecular complexity index is 735. The standard InChI is InChI=1S/C18H15Br/c19-12-9-10-17-15-7-2-1-5-13(15)14-6-3-4-8-16(14)18(17)11-12/h2,4,7-11H,1,3,5-6H2. The maximum Gasteiger partial charge on any atom is 0.0181 e. The van der Waals surface area contributed by atoms with E-state index in [1.54, 1.807) is 11.1 Å². The first kappa shape index (κ1) is 11.5. The molecule has 0 fully saturated rings. The number of hydrogen-bond acceptors (Lipinski definition) is 0. The van der Waals surface area contributed by atoms with Gasteiger partial charge in [0.05, 0.1) is 0 Å². The minimum Gasteiger partial charge on any atom is -0.0836 e. The fourth-order valence-electron chi connectivity index (χ4n) is 3.43. The van der Waals surface area contributed by atoms with Gasteiger partial charge in [-0.15, -0.1) is 0 Å². The van der Waals surface area contributed by atoms with E-state index in [0.29, 0.717) is 0 Å². The van der Waals surface area contributed by atoms with E-state index in [1.165, 1.54) is 52.1 Å². The van der Waals surface area contributed by atoms with Gasteiger partial charge in [-0.1, -0.05) is 46.3 Å². The summed E-state index contributed by atoms with van der Waals surface area (Å²) in [6.45, 7) is 0. The maximum absolute atomic E-state index is 3.61. The van der Waals surface area contributed by atoms with Crippen molar-refractivity contribution in [3.05, 3.63) is 57.1 Å². The van der Waals surface area contributed by atoms with Crippen molar-refractivity contribution in [1.29, 1.82) is 0 Å². The Balaban J connectivity index is 2.20. The Hall–Kier alpha value is -1.34. The molecular formula is C18H15Br. The molecule has 0 saturated heterocycles. The molecule has 0 atom stereocenters. The van der Waals surface area contributed by atoms with Crippen LogP contribution in [0, 0.1) is 0 Å². The third kappa shape index (κ3) is 1.72. The smallest absolute Gasteiger partial charge is 0.0181 e. The lowest BCUT2D eigenvalue weighted by Crippen LogP contribution is -2.06. The van der Waals surface area contributed by atoms with E-state index in [1.807, 2.05) is 0 Å². The van der Waals surface area contributed by atoms with E-state index < -0.39 is 0 Å². The van der Waals surface area contributed by atoms with Crippen LogP contribution in [-0.4, -0.2) is 0 Å². The largest absolute Gasteiger partial charge is 0.0836 e. The van der Waals surface area contributed by atoms with Crippen LogP contribution in [0.25, 0.3) is 22.9 Å². The molecule has 2 aromatic carbocycles. The minimum absolute atomic E-state index is 1.17. The van der Waals surface area contributed by atoms with Crippen molar-refractivity contribution in [3.63, 3.8) is 0 Å². The highest BCUT2D eigenvalue weighted by Crippen LogP contribution is 2.38. The Morgan fingerprint density at radius 2 is 1.42 bits per heavy atom. The summed E-state index contributed by atoms with van der Waals surface area (Å²) in [6.07, 6.45) is 14.1. The molecule has 1 heteroatoms. The zero-order valence-corrected chi connectivity index (χ0v) is 12.3. The van der Waals surface area contributed by atoms with Gasteiger partial charge in [0, 0.05) is 4.47 Å². The number of rotatable bonds is 0. The average Bonchev–Trinajstić information content (AvgIpc) is 2.47. The van der Waals surface area contributed by atoms with E-state index in [4.69, 9.17) is 0 Å². The molecule has 0 radical (unpaired) electrons. The Morgan fingerprint density at radius 1 is 0.789 bits per heavy atom. The molecule has 0 saturated carbocycles. The predicted octanol–water partition coefficient (Wildman–Crippen LogP) is 5.52. The van der Waals surface area contributed by atoms with Crippen LogP contribution < -0.4 is 0 Å². The van der Waals surface area contributed by atoms with Gasteiger partial charge in [-0.3, -0.25) is 0 Å². The van der Waals surface area contributed by atoms with Gasteiger partial charge in [-0.05, 0) is 70.8 Å². The van der Waals surface area contributed by atoms with Crippen LogP contribution >= 0.6 is 15.9 Å². The van der Waals surface area contributed by atoms with Crippen molar-refractivity contribution in [2.45, 2.75) is 25.7 Å². The normalized spacial score (nSPS) is 16.5. The van der Waals surface area contributed by atoms with E-state index in [2.05, 4.69) is 58.4 Å². The topological polar surface area (TPSA) is 0 Å². The molecule has 4 rings (SSSR count). The number of benzene rings is 2. The minimum atomic E-state index is 1.17. The summed E-state index contributed by atoms with van der Waals surface area (Å²) >= 11 is 3.61. The van der Waals surface area contributed by atoms with Crippen LogP contribution in [0.15, 0.2) is 34.8 Å². The molecule has 0 nitrogen and oxygen atoms in total. The van der Waals surface area contributed by atoms with Crippen LogP contribution in [0.3, 0.4) is 0 Å². The highest BCUT2D eigenvalue weighted by molar-refractivity contribution is 9.10. The molecule has 0 heterocycles. The van der Waals surface area contributed by atoms with Crippen LogP contribution in [0.1, 0.15) is 35.1 Å². The lowest BCUT2D eigenvalue weighted by Gasteiger charge is -2.23. The van der Waals surface area contributed by atoms with Crippen LogP contribution in [0.2, 0.25) is 0 Å². The van der Waals surface area contributed by atoms with E-state index in [0.717, 1.165) is 0 Å². The molecule has 0 unspecified atom stereocenters. The number of hydrogen-bond donors (Lipinski definition) is 0. The van der Waals surface area contributed by atoms with Crippen LogP contribution in [-0.2, 0) is 12.8 Å². The summed E-state index contributed by atoms with van der Waals surface area (Å²) in [4.78, 5) is 0. The highest BCUT2D eigenvalue weighted by atomic mass is 79.9. The van der Waals surface area contributed by atoms with Crippen LogP contribution in [0.5, 0.6) is 0 Å². The Morgan fingerprint density at radius 3 is 2.11 bits per heavy atom. The first-order valence-electron chi connectivity index (χ1n) is 6.94. The van der Waals surface area contributed by atoms with Crippen molar-refractivity contribution in [3.8, 4) is 0 Å². The van der Waals surface area contributed by atoms with E-state index in [-0.39, 0.29) is 0 Å². The summed E-state index contributed by atoms with van der Waals surface area (Å²) in [5.41, 5.74) is 6.10. The summed E-state index contributed by atoms with van der Waals surface area (Å²) < 4.78 is 1.17. The molecule has 2 aliphatic carbocycles. The monoisotopic (exact) mass is 310 g/mol. The van der Waals surface area contributed by atoms with Gasteiger partial charge in [0.2, 0.25) is 0 Å². The zero-order valence-electron chi connectivity index (χ0n) is 10.7. The van der Waals surface area contributed by atoms with Gasteiger partial charge >= 0.3 is 0 Å². The molecule has 2 aromatic rings. The van der Waals surface area contributed by atoms with Gasteiger partial charge in [0.25, 0.3) is 0 Å². The van der Waals surface area contributed by atoms with Crippen LogP contribution in [0.4, 0.5) is 0 Å². The van der Waals surface area contributed by atoms with Crippen molar-refractivity contribution >= 4 is 38.9 Å². The molecule has 0 bridgehead atoms. The van der Waals surface area contributed by atoms with Crippen molar-refractivity contribution in [2.75, 3.05) is 0 Å². The van der Waals surface area contributed by atoms with Crippen molar-refractivity contribution < 1.29 is 0 Å². The predicted molar refractivity (Wildman–Crippen MR) is 86.4 cm³/mol. The Kier molecular flexibility index (Phi) is 2.63. The first-order valence-corrected chi connectivity index (χ1v) is 7.74. The SMILES string of the molecule is Brc1ccc2c3c(c4c(c2c1)C=CCC4)CCC=C3. The molecule has 2 aliphatic rings. The maximum atomic E-state index is 3.61.